The van der Waals surface area contributed by atoms with Crippen LogP contribution in [0.2, 0.25) is 0 Å². The summed E-state index contributed by atoms with van der Waals surface area (Å²) in [4.78, 5) is 2.35. The van der Waals surface area contributed by atoms with E-state index in [0.717, 1.165) is 24.5 Å². The Kier molecular flexibility index (Phi) is 4.09. The standard InChI is InChI=1S/C14H22N2O2/c1-16-7-6-10(9-15)14(16)12-5-4-11(17-2)8-13(12)18-3/h4-5,8,10,14H,6-7,9,15H2,1-3H3. The van der Waals surface area contributed by atoms with Gasteiger partial charge in [0.2, 0.25) is 0 Å². The van der Waals surface area contributed by atoms with E-state index in [0.29, 0.717) is 18.5 Å². The number of nitrogens with zero attached hydrogens (tertiary/aromatic N) is 1. The molecule has 100 valence electrons. The molecule has 0 amide bonds. The van der Waals surface area contributed by atoms with Crippen molar-refractivity contribution in [3.05, 3.63) is 23.8 Å². The monoisotopic (exact) mass is 250 g/mol. The maximum atomic E-state index is 5.88. The van der Waals surface area contributed by atoms with Gasteiger partial charge in [-0.2, -0.15) is 0 Å². The second kappa shape index (κ2) is 5.59. The van der Waals surface area contributed by atoms with Crippen LogP contribution >= 0.6 is 0 Å². The van der Waals surface area contributed by atoms with Crippen LogP contribution in [-0.2, 0) is 0 Å². The van der Waals surface area contributed by atoms with Crippen LogP contribution in [0.4, 0.5) is 0 Å². The fourth-order valence-electron chi connectivity index (χ4n) is 2.83. The first-order valence-corrected chi connectivity index (χ1v) is 6.33. The Morgan fingerprint density at radius 2 is 2.11 bits per heavy atom. The smallest absolute Gasteiger partial charge is 0.127 e. The summed E-state index contributed by atoms with van der Waals surface area (Å²) >= 11 is 0. The van der Waals surface area contributed by atoms with Crippen molar-refractivity contribution in [2.24, 2.45) is 11.7 Å². The van der Waals surface area contributed by atoms with Gasteiger partial charge in [-0.15, -0.1) is 0 Å². The third-order valence-corrected chi connectivity index (χ3v) is 3.84. The molecule has 2 unspecified atom stereocenters. The van der Waals surface area contributed by atoms with Gasteiger partial charge >= 0.3 is 0 Å². The van der Waals surface area contributed by atoms with E-state index in [4.69, 9.17) is 15.2 Å². The first-order valence-electron chi connectivity index (χ1n) is 6.33. The quantitative estimate of drug-likeness (QED) is 0.883. The molecule has 2 atom stereocenters. The van der Waals surface area contributed by atoms with Crippen molar-refractivity contribution in [2.45, 2.75) is 12.5 Å². The van der Waals surface area contributed by atoms with Gasteiger partial charge in [0.25, 0.3) is 0 Å². The number of ether oxygens (including phenoxy) is 2. The van der Waals surface area contributed by atoms with Crippen molar-refractivity contribution in [2.75, 3.05) is 34.4 Å². The molecule has 2 N–H and O–H groups in total. The van der Waals surface area contributed by atoms with E-state index in [-0.39, 0.29) is 0 Å². The van der Waals surface area contributed by atoms with E-state index >= 15 is 0 Å². The molecule has 1 heterocycles. The maximum Gasteiger partial charge on any atom is 0.127 e. The Hall–Kier alpha value is -1.26. The average molecular weight is 250 g/mol. The van der Waals surface area contributed by atoms with Crippen molar-refractivity contribution in [1.82, 2.24) is 4.90 Å². The van der Waals surface area contributed by atoms with Crippen LogP contribution in [0, 0.1) is 5.92 Å². The average Bonchev–Trinajstić information content (AvgIpc) is 2.78. The Morgan fingerprint density at radius 3 is 2.72 bits per heavy atom. The highest BCUT2D eigenvalue weighted by Gasteiger charge is 2.33. The van der Waals surface area contributed by atoms with Crippen LogP contribution < -0.4 is 15.2 Å². The first kappa shape index (κ1) is 13.2. The topological polar surface area (TPSA) is 47.7 Å². The molecule has 0 bridgehead atoms. The predicted octanol–water partition coefficient (Wildman–Crippen LogP) is 1.66. The first-order chi connectivity index (χ1) is 8.71. The van der Waals surface area contributed by atoms with Crippen molar-refractivity contribution in [3.8, 4) is 11.5 Å². The molecule has 0 spiro atoms. The van der Waals surface area contributed by atoms with Crippen molar-refractivity contribution < 1.29 is 9.47 Å². The molecule has 2 rings (SSSR count). The molecule has 1 saturated heterocycles. The van der Waals surface area contributed by atoms with Crippen LogP contribution in [0.25, 0.3) is 0 Å². The summed E-state index contributed by atoms with van der Waals surface area (Å²) in [5.41, 5.74) is 7.08. The number of hydrogen-bond donors (Lipinski definition) is 1. The second-order valence-corrected chi connectivity index (χ2v) is 4.82. The van der Waals surface area contributed by atoms with Crippen molar-refractivity contribution >= 4 is 0 Å². The normalized spacial score (nSPS) is 24.2. The van der Waals surface area contributed by atoms with Gasteiger partial charge in [-0.05, 0) is 38.5 Å². The highest BCUT2D eigenvalue weighted by molar-refractivity contribution is 5.43. The van der Waals surface area contributed by atoms with Crippen LogP contribution in [-0.4, -0.2) is 39.3 Å². The molecule has 1 aromatic carbocycles. The van der Waals surface area contributed by atoms with Gasteiger partial charge in [0, 0.05) is 17.7 Å². The highest BCUT2D eigenvalue weighted by Crippen LogP contribution is 2.40. The minimum Gasteiger partial charge on any atom is -0.497 e. The fraction of sp³-hybridized carbons (Fsp3) is 0.571. The van der Waals surface area contributed by atoms with Crippen molar-refractivity contribution in [1.29, 1.82) is 0 Å². The van der Waals surface area contributed by atoms with Gasteiger partial charge < -0.3 is 15.2 Å². The summed E-state index contributed by atoms with van der Waals surface area (Å²) in [7, 11) is 5.51. The molecule has 1 fully saturated rings. The van der Waals surface area contributed by atoms with E-state index in [1.54, 1.807) is 14.2 Å². The Balaban J connectivity index is 2.36. The van der Waals surface area contributed by atoms with Crippen molar-refractivity contribution in [3.63, 3.8) is 0 Å². The SMILES string of the molecule is COc1ccc(C2C(CN)CCN2C)c(OC)c1. The molecule has 1 aliphatic rings. The minimum absolute atomic E-state index is 0.343. The Bertz CT molecular complexity index is 409. The number of rotatable bonds is 4. The summed E-state index contributed by atoms with van der Waals surface area (Å²) in [6.45, 7) is 1.80. The van der Waals surface area contributed by atoms with Crippen LogP contribution in [0.5, 0.6) is 11.5 Å². The number of hydrogen-bond acceptors (Lipinski definition) is 4. The van der Waals surface area contributed by atoms with E-state index in [1.165, 1.54) is 5.56 Å². The summed E-state index contributed by atoms with van der Waals surface area (Å²) in [5.74, 6) is 2.20. The van der Waals surface area contributed by atoms with Crippen LogP contribution in [0.3, 0.4) is 0 Å². The third kappa shape index (κ3) is 2.31. The molecule has 4 heteroatoms. The molecular formula is C14H22N2O2. The van der Waals surface area contributed by atoms with E-state index < -0.39 is 0 Å². The molecule has 0 aliphatic carbocycles. The number of nitrogens with two attached hydrogens (primary N) is 1. The molecule has 4 nitrogen and oxygen atoms in total. The summed E-state index contributed by atoms with van der Waals surface area (Å²) in [5, 5.41) is 0. The largest absolute Gasteiger partial charge is 0.497 e. The van der Waals surface area contributed by atoms with Gasteiger partial charge in [0.1, 0.15) is 11.5 Å². The Morgan fingerprint density at radius 1 is 1.33 bits per heavy atom. The van der Waals surface area contributed by atoms with Gasteiger partial charge in [-0.1, -0.05) is 6.07 Å². The van der Waals surface area contributed by atoms with Gasteiger partial charge in [-0.25, -0.2) is 0 Å². The fourth-order valence-corrected chi connectivity index (χ4v) is 2.83. The zero-order valence-electron chi connectivity index (χ0n) is 11.3. The van der Waals surface area contributed by atoms with E-state index in [9.17, 15) is 0 Å². The van der Waals surface area contributed by atoms with E-state index in [1.807, 2.05) is 12.1 Å². The highest BCUT2D eigenvalue weighted by atomic mass is 16.5. The predicted molar refractivity (Wildman–Crippen MR) is 72.1 cm³/mol. The van der Waals surface area contributed by atoms with E-state index in [2.05, 4.69) is 18.0 Å². The number of likely N-dealkylation sites (tertiary alicyclic amines) is 1. The number of benzene rings is 1. The lowest BCUT2D eigenvalue weighted by atomic mass is 9.93. The molecule has 18 heavy (non-hydrogen) atoms. The van der Waals surface area contributed by atoms with Crippen LogP contribution in [0.15, 0.2) is 18.2 Å². The lowest BCUT2D eigenvalue weighted by Crippen LogP contribution is -2.25. The maximum absolute atomic E-state index is 5.88. The summed E-state index contributed by atoms with van der Waals surface area (Å²) in [6, 6.07) is 6.36. The zero-order valence-corrected chi connectivity index (χ0v) is 11.3. The summed E-state index contributed by atoms with van der Waals surface area (Å²) < 4.78 is 10.7. The zero-order chi connectivity index (χ0) is 13.1. The molecule has 0 saturated carbocycles. The lowest BCUT2D eigenvalue weighted by molar-refractivity contribution is 0.270. The molecule has 1 aliphatic heterocycles. The Labute approximate surface area is 109 Å². The molecule has 0 radical (unpaired) electrons. The second-order valence-electron chi connectivity index (χ2n) is 4.82. The molecule has 0 aromatic heterocycles. The van der Waals surface area contributed by atoms with Crippen LogP contribution in [0.1, 0.15) is 18.0 Å². The van der Waals surface area contributed by atoms with Gasteiger partial charge in [0.05, 0.1) is 14.2 Å². The number of methoxy groups -OCH3 is 2. The molecule has 1 aromatic rings. The van der Waals surface area contributed by atoms with Gasteiger partial charge in [-0.3, -0.25) is 4.90 Å². The minimum atomic E-state index is 0.343. The third-order valence-electron chi connectivity index (χ3n) is 3.84. The molecular weight excluding hydrogens is 228 g/mol. The lowest BCUT2D eigenvalue weighted by Gasteiger charge is -2.26. The van der Waals surface area contributed by atoms with Gasteiger partial charge in [0.15, 0.2) is 0 Å². The summed E-state index contributed by atoms with van der Waals surface area (Å²) in [6.07, 6.45) is 1.15.